The van der Waals surface area contributed by atoms with Crippen molar-refractivity contribution in [3.63, 3.8) is 0 Å². The summed E-state index contributed by atoms with van der Waals surface area (Å²) in [6.07, 6.45) is -0.490. The number of nitrogens with zero attached hydrogens (tertiary/aromatic N) is 4. The number of aliphatic hydroxyl groups is 1. The Kier molecular flexibility index (Phi) is 8.58. The Balaban J connectivity index is 1.54. The summed E-state index contributed by atoms with van der Waals surface area (Å²) in [6.45, 7) is 8.85. The van der Waals surface area contributed by atoms with Gasteiger partial charge in [0.05, 0.1) is 18.7 Å². The number of amides is 2. The molecular weight excluding hydrogens is 544 g/mol. The first-order valence-corrected chi connectivity index (χ1v) is 13.3. The van der Waals surface area contributed by atoms with Gasteiger partial charge >= 0.3 is 6.03 Å². The van der Waals surface area contributed by atoms with Crippen LogP contribution in [-0.2, 0) is 18.4 Å². The minimum Gasteiger partial charge on any atom is -0.388 e. The Labute approximate surface area is 231 Å². The molecule has 0 aliphatic rings. The first kappa shape index (κ1) is 27.5. The summed E-state index contributed by atoms with van der Waals surface area (Å²) >= 11 is 3.46. The summed E-state index contributed by atoms with van der Waals surface area (Å²) in [5, 5.41) is 27.4. The fraction of sp³-hybridized carbons (Fsp3) is 0.310. The summed E-state index contributed by atoms with van der Waals surface area (Å²) in [5.41, 5.74) is 4.72. The molecule has 8 nitrogen and oxygen atoms in total. The zero-order chi connectivity index (χ0) is 27.3. The number of rotatable bonds is 8. The van der Waals surface area contributed by atoms with Gasteiger partial charge in [-0.3, -0.25) is 4.90 Å². The summed E-state index contributed by atoms with van der Waals surface area (Å²) in [7, 11) is 0. The topological polar surface area (TPSA) is 107 Å². The van der Waals surface area contributed by atoms with Crippen LogP contribution < -0.4 is 10.2 Å². The van der Waals surface area contributed by atoms with Crippen LogP contribution in [-0.4, -0.2) is 31.8 Å². The van der Waals surface area contributed by atoms with Crippen molar-refractivity contribution in [1.82, 2.24) is 25.9 Å². The van der Waals surface area contributed by atoms with Gasteiger partial charge in [-0.05, 0) is 58.9 Å². The number of halogens is 1. The average Bonchev–Trinajstić information content (AvgIpc) is 3.40. The molecule has 4 aromatic rings. The van der Waals surface area contributed by atoms with Crippen molar-refractivity contribution < 1.29 is 9.90 Å². The fourth-order valence-corrected chi connectivity index (χ4v) is 4.37. The van der Waals surface area contributed by atoms with E-state index in [-0.39, 0.29) is 23.9 Å². The molecule has 1 aromatic heterocycles. The highest BCUT2D eigenvalue weighted by molar-refractivity contribution is 9.10. The van der Waals surface area contributed by atoms with E-state index >= 15 is 0 Å². The molecule has 198 valence electrons. The number of benzene rings is 3. The first-order valence-electron chi connectivity index (χ1n) is 12.5. The zero-order valence-corrected chi connectivity index (χ0v) is 23.6. The SMILES string of the molecule is CC(NC(=O)N(Cc1ccc(C(O)Cc2nn[nH]n2)cc1)c1ccc(C(C)(C)C)cc1)c1ccc(Br)cc1. The molecule has 9 heteroatoms. The Morgan fingerprint density at radius 3 is 2.21 bits per heavy atom. The number of aromatic amines is 1. The zero-order valence-electron chi connectivity index (χ0n) is 22.0. The van der Waals surface area contributed by atoms with Crippen LogP contribution >= 0.6 is 15.9 Å². The average molecular weight is 578 g/mol. The highest BCUT2D eigenvalue weighted by Crippen LogP contribution is 2.27. The van der Waals surface area contributed by atoms with Crippen molar-refractivity contribution in [2.45, 2.75) is 58.2 Å². The molecule has 1 heterocycles. The van der Waals surface area contributed by atoms with Crippen LogP contribution in [0.1, 0.15) is 67.9 Å². The Morgan fingerprint density at radius 2 is 1.63 bits per heavy atom. The number of urea groups is 1. The molecule has 0 saturated carbocycles. The lowest BCUT2D eigenvalue weighted by Crippen LogP contribution is -2.40. The van der Waals surface area contributed by atoms with Gasteiger partial charge in [-0.15, -0.1) is 10.2 Å². The molecule has 0 fully saturated rings. The molecule has 4 rings (SSSR count). The van der Waals surface area contributed by atoms with Crippen molar-refractivity contribution in [3.05, 3.63) is 105 Å². The van der Waals surface area contributed by atoms with Crippen molar-refractivity contribution in [1.29, 1.82) is 0 Å². The number of tetrazole rings is 1. The molecule has 3 N–H and O–H groups in total. The van der Waals surface area contributed by atoms with Crippen LogP contribution in [0.15, 0.2) is 77.3 Å². The lowest BCUT2D eigenvalue weighted by molar-refractivity contribution is 0.176. The number of nitrogens with one attached hydrogen (secondary N) is 2. The minimum absolute atomic E-state index is 0.0138. The van der Waals surface area contributed by atoms with Crippen LogP contribution in [0.5, 0.6) is 0 Å². The molecule has 0 saturated heterocycles. The molecule has 3 aromatic carbocycles. The van der Waals surface area contributed by atoms with Crippen LogP contribution in [0, 0.1) is 0 Å². The van der Waals surface area contributed by atoms with E-state index in [1.54, 1.807) is 4.90 Å². The van der Waals surface area contributed by atoms with E-state index in [4.69, 9.17) is 0 Å². The van der Waals surface area contributed by atoms with E-state index in [1.807, 2.05) is 67.6 Å². The molecule has 0 aliphatic heterocycles. The molecule has 38 heavy (non-hydrogen) atoms. The third-order valence-electron chi connectivity index (χ3n) is 6.47. The fourth-order valence-electron chi connectivity index (χ4n) is 4.11. The largest absolute Gasteiger partial charge is 0.388 e. The molecule has 2 amide bonds. The predicted octanol–water partition coefficient (Wildman–Crippen LogP) is 6.01. The standard InChI is InChI=1S/C29H33BrN6O2/c1-19(21-9-13-24(30)14-10-21)31-28(38)36(25-15-11-23(12-16-25)29(2,3)4)18-20-5-7-22(8-6-20)26(37)17-27-32-34-35-33-27/h5-16,19,26,37H,17-18H2,1-4H3,(H,31,38)(H,32,33,34,35). The lowest BCUT2D eigenvalue weighted by atomic mass is 9.87. The Bertz CT molecular complexity index is 1320. The highest BCUT2D eigenvalue weighted by Gasteiger charge is 2.21. The molecule has 2 atom stereocenters. The van der Waals surface area contributed by atoms with E-state index in [0.717, 1.165) is 26.9 Å². The van der Waals surface area contributed by atoms with Gasteiger partial charge in [0.15, 0.2) is 5.82 Å². The van der Waals surface area contributed by atoms with Gasteiger partial charge in [-0.25, -0.2) is 4.79 Å². The number of hydrogen-bond acceptors (Lipinski definition) is 5. The smallest absolute Gasteiger partial charge is 0.322 e. The van der Waals surface area contributed by atoms with Gasteiger partial charge in [0, 0.05) is 16.6 Å². The maximum Gasteiger partial charge on any atom is 0.322 e. The van der Waals surface area contributed by atoms with E-state index in [0.29, 0.717) is 12.4 Å². The second kappa shape index (κ2) is 11.9. The predicted molar refractivity (Wildman–Crippen MR) is 152 cm³/mol. The number of anilines is 1. The Morgan fingerprint density at radius 1 is 1.00 bits per heavy atom. The van der Waals surface area contributed by atoms with Crippen molar-refractivity contribution in [2.75, 3.05) is 4.90 Å². The summed E-state index contributed by atoms with van der Waals surface area (Å²) in [4.78, 5) is 15.3. The van der Waals surface area contributed by atoms with Crippen molar-refractivity contribution in [3.8, 4) is 0 Å². The molecule has 2 unspecified atom stereocenters. The third kappa shape index (κ3) is 7.05. The van der Waals surface area contributed by atoms with Gasteiger partial charge in [-0.1, -0.05) is 90.4 Å². The summed E-state index contributed by atoms with van der Waals surface area (Å²) < 4.78 is 0.992. The number of aromatic nitrogens is 4. The number of carbonyl (C=O) groups excluding carboxylic acids is 1. The van der Waals surface area contributed by atoms with Crippen molar-refractivity contribution in [2.24, 2.45) is 0 Å². The van der Waals surface area contributed by atoms with Crippen LogP contribution in [0.3, 0.4) is 0 Å². The minimum atomic E-state index is -0.752. The lowest BCUT2D eigenvalue weighted by Gasteiger charge is -2.27. The second-order valence-electron chi connectivity index (χ2n) is 10.4. The molecular formula is C29H33BrN6O2. The van der Waals surface area contributed by atoms with E-state index in [2.05, 4.69) is 74.8 Å². The van der Waals surface area contributed by atoms with Gasteiger partial charge in [-0.2, -0.15) is 5.21 Å². The van der Waals surface area contributed by atoms with E-state index in [1.165, 1.54) is 5.56 Å². The molecule has 0 aliphatic carbocycles. The van der Waals surface area contributed by atoms with Gasteiger partial charge in [0.2, 0.25) is 0 Å². The third-order valence-corrected chi connectivity index (χ3v) is 7.00. The monoisotopic (exact) mass is 576 g/mol. The number of carbonyl (C=O) groups is 1. The number of aliphatic hydroxyl groups excluding tert-OH is 1. The van der Waals surface area contributed by atoms with Crippen molar-refractivity contribution >= 4 is 27.6 Å². The summed E-state index contributed by atoms with van der Waals surface area (Å²) in [5.74, 6) is 0.447. The Hall–Kier alpha value is -3.56. The summed E-state index contributed by atoms with van der Waals surface area (Å²) in [6, 6.07) is 23.3. The van der Waals surface area contributed by atoms with Crippen LogP contribution in [0.2, 0.25) is 0 Å². The second-order valence-corrected chi connectivity index (χ2v) is 11.3. The van der Waals surface area contributed by atoms with Gasteiger partial charge in [0.1, 0.15) is 0 Å². The number of hydrogen-bond donors (Lipinski definition) is 3. The molecule has 0 spiro atoms. The van der Waals surface area contributed by atoms with E-state index < -0.39 is 6.10 Å². The maximum absolute atomic E-state index is 13.6. The van der Waals surface area contributed by atoms with Gasteiger partial charge < -0.3 is 10.4 Å². The quantitative estimate of drug-likeness (QED) is 0.238. The van der Waals surface area contributed by atoms with Gasteiger partial charge in [0.25, 0.3) is 0 Å². The number of H-pyrrole nitrogens is 1. The highest BCUT2D eigenvalue weighted by atomic mass is 79.9. The first-order chi connectivity index (χ1) is 18.1. The van der Waals surface area contributed by atoms with Crippen LogP contribution in [0.25, 0.3) is 0 Å². The maximum atomic E-state index is 13.6. The normalized spacial score (nSPS) is 13.1. The molecule has 0 radical (unpaired) electrons. The van der Waals surface area contributed by atoms with E-state index in [9.17, 15) is 9.90 Å². The van der Waals surface area contributed by atoms with Crippen LogP contribution in [0.4, 0.5) is 10.5 Å². The molecule has 0 bridgehead atoms.